The number of ether oxygens (including phenoxy) is 3. The van der Waals surface area contributed by atoms with Crippen molar-refractivity contribution in [2.75, 3.05) is 152 Å². The molecule has 96 heavy (non-hydrogen) atoms. The first-order chi connectivity index (χ1) is 45.9. The zero-order chi connectivity index (χ0) is 68.5. The highest BCUT2D eigenvalue weighted by atomic mass is 19.2. The third-order valence-corrected chi connectivity index (χ3v) is 16.1. The minimum absolute atomic E-state index is 0.170. The van der Waals surface area contributed by atoms with E-state index < -0.39 is 53.0 Å². The van der Waals surface area contributed by atoms with Gasteiger partial charge in [-0.3, -0.25) is 29.3 Å². The van der Waals surface area contributed by atoms with E-state index in [0.29, 0.717) is 162 Å². The van der Waals surface area contributed by atoms with Gasteiger partial charge in [-0.1, -0.05) is 0 Å². The number of halogens is 6. The second kappa shape index (κ2) is 30.6. The molecule has 0 aliphatic carbocycles. The molecule has 3 N–H and O–H groups in total. The van der Waals surface area contributed by atoms with E-state index >= 15 is 0 Å². The molecule has 3 fully saturated rings. The van der Waals surface area contributed by atoms with Crippen LogP contribution in [0.25, 0.3) is 33.1 Å². The Morgan fingerprint density at radius 3 is 0.823 bits per heavy atom. The standard InChI is InChI=1S/3C23H25F2N5O2/c3*1-14(27-18-11-16(24)10-17(25)12-18)19-8-15(23(31)29(2)3)9-20-22(19)28-21(13-26-20)30-4-6-32-7-5-30/h3*8-14,27H,4-7H2,1-3H3. The summed E-state index contributed by atoms with van der Waals surface area (Å²) in [5.74, 6) is -2.38. The number of nitrogens with one attached hydrogen (secondary N) is 3. The maximum absolute atomic E-state index is 13.7. The number of amides is 3. The van der Waals surface area contributed by atoms with Crippen LogP contribution in [0.1, 0.15) is 86.7 Å². The summed E-state index contributed by atoms with van der Waals surface area (Å²) in [5.41, 5.74) is 8.00. The van der Waals surface area contributed by atoms with E-state index in [2.05, 4.69) is 45.6 Å². The Morgan fingerprint density at radius 1 is 0.375 bits per heavy atom. The monoisotopic (exact) mass is 1320 g/mol. The number of carbonyl (C=O) groups is 3. The van der Waals surface area contributed by atoms with E-state index in [9.17, 15) is 40.7 Å². The third kappa shape index (κ3) is 16.9. The van der Waals surface area contributed by atoms with E-state index in [1.165, 1.54) is 51.1 Å². The smallest absolute Gasteiger partial charge is 0.253 e. The van der Waals surface area contributed by atoms with Gasteiger partial charge in [0.05, 0.1) is 109 Å². The maximum atomic E-state index is 13.7. The molecule has 6 aromatic carbocycles. The molecule has 21 nitrogen and oxygen atoms in total. The summed E-state index contributed by atoms with van der Waals surface area (Å²) in [6, 6.07) is 19.0. The van der Waals surface area contributed by atoms with E-state index in [-0.39, 0.29) is 17.7 Å². The molecule has 9 aromatic rings. The Labute approximate surface area is 551 Å². The van der Waals surface area contributed by atoms with Gasteiger partial charge in [0.2, 0.25) is 0 Å². The Hall–Kier alpha value is -9.99. The summed E-state index contributed by atoms with van der Waals surface area (Å²) < 4.78 is 98.4. The Kier molecular flexibility index (Phi) is 22.0. The highest BCUT2D eigenvalue weighted by molar-refractivity contribution is 6.00. The lowest BCUT2D eigenvalue weighted by atomic mass is 10.0. The van der Waals surface area contributed by atoms with Crippen molar-refractivity contribution in [3.8, 4) is 0 Å². The first-order valence-corrected chi connectivity index (χ1v) is 31.2. The van der Waals surface area contributed by atoms with Gasteiger partial charge in [-0.15, -0.1) is 0 Å². The summed E-state index contributed by atoms with van der Waals surface area (Å²) in [5, 5.41) is 9.36. The van der Waals surface area contributed by atoms with Gasteiger partial charge in [0.15, 0.2) is 0 Å². The van der Waals surface area contributed by atoms with Crippen molar-refractivity contribution in [2.24, 2.45) is 0 Å². The van der Waals surface area contributed by atoms with Crippen LogP contribution in [-0.2, 0) is 14.2 Å². The molecular formula is C69H75F6N15O6. The topological polar surface area (TPSA) is 212 Å². The highest BCUT2D eigenvalue weighted by Crippen LogP contribution is 2.34. The van der Waals surface area contributed by atoms with Crippen molar-refractivity contribution in [3.63, 3.8) is 0 Å². The average molecular weight is 1320 g/mol. The largest absolute Gasteiger partial charge is 0.378 e. The molecule has 0 spiro atoms. The lowest BCUT2D eigenvalue weighted by Gasteiger charge is -2.28. The summed E-state index contributed by atoms with van der Waals surface area (Å²) >= 11 is 0. The quantitative estimate of drug-likeness (QED) is 0.0815. The van der Waals surface area contributed by atoms with Crippen molar-refractivity contribution in [3.05, 3.63) is 178 Å². The number of hydrogen-bond donors (Lipinski definition) is 3. The lowest BCUT2D eigenvalue weighted by Crippen LogP contribution is -2.36. The molecule has 0 radical (unpaired) electrons. The molecular weight excluding hydrogens is 1250 g/mol. The molecule has 3 aliphatic rings. The summed E-state index contributed by atoms with van der Waals surface area (Å²) in [6.45, 7) is 13.5. The number of fused-ring (bicyclic) bond motifs is 3. The van der Waals surface area contributed by atoms with Crippen molar-refractivity contribution in [1.29, 1.82) is 0 Å². The van der Waals surface area contributed by atoms with E-state index in [0.717, 1.165) is 35.7 Å². The van der Waals surface area contributed by atoms with Crippen LogP contribution >= 0.6 is 0 Å². The molecule has 27 heteroatoms. The fraction of sp³-hybridized carbons (Fsp3) is 0.348. The second-order valence-electron chi connectivity index (χ2n) is 24.0. The predicted molar refractivity (Wildman–Crippen MR) is 357 cm³/mol. The van der Waals surface area contributed by atoms with Gasteiger partial charge in [-0.05, 0) is 93.6 Å². The molecule has 6 heterocycles. The normalized spacial score (nSPS) is 15.0. The number of rotatable bonds is 15. The van der Waals surface area contributed by atoms with Crippen molar-refractivity contribution >= 4 is 85.3 Å². The third-order valence-electron chi connectivity index (χ3n) is 16.1. The average Bonchev–Trinajstić information content (AvgIpc) is 0.793. The molecule has 3 atom stereocenters. The van der Waals surface area contributed by atoms with Crippen LogP contribution in [0.2, 0.25) is 0 Å². The van der Waals surface area contributed by atoms with Crippen LogP contribution in [0.15, 0.2) is 110 Å². The number of benzene rings is 6. The van der Waals surface area contributed by atoms with Gasteiger partial charge in [-0.2, -0.15) is 0 Å². The SMILES string of the molecule is CC(Nc1cc(F)cc(F)c1)c1cc(C(=O)N(C)C)cc2ncc(N3CCOCC3)nc12.CC(Nc1cc(F)cc(F)c1)c1cc(C(=O)N(C)C)cc2ncc(N3CCOCC3)nc12.CC(Nc1cc(F)cc(F)c1)c1cc(C(=O)N(C)C)cc2ncc(N3CCOCC3)nc12. The molecule has 12 rings (SSSR count). The van der Waals surface area contributed by atoms with Gasteiger partial charge >= 0.3 is 0 Å². The van der Waals surface area contributed by atoms with Gasteiger partial charge in [-0.25, -0.2) is 41.3 Å². The van der Waals surface area contributed by atoms with E-state index in [1.807, 2.05) is 20.8 Å². The molecule has 3 saturated heterocycles. The zero-order valence-corrected chi connectivity index (χ0v) is 54.7. The van der Waals surface area contributed by atoms with E-state index in [4.69, 9.17) is 29.2 Å². The molecule has 3 aliphatic heterocycles. The van der Waals surface area contributed by atoms with Crippen molar-refractivity contribution in [2.45, 2.75) is 38.9 Å². The van der Waals surface area contributed by atoms with Crippen LogP contribution in [0.4, 0.5) is 60.9 Å². The summed E-state index contributed by atoms with van der Waals surface area (Å²) in [4.78, 5) is 77.0. The number of nitrogens with zero attached hydrogens (tertiary/aromatic N) is 12. The first-order valence-electron chi connectivity index (χ1n) is 31.2. The van der Waals surface area contributed by atoms with Crippen LogP contribution in [0, 0.1) is 34.9 Å². The molecule has 3 aromatic heterocycles. The zero-order valence-electron chi connectivity index (χ0n) is 54.7. The van der Waals surface area contributed by atoms with Crippen LogP contribution in [0.5, 0.6) is 0 Å². The van der Waals surface area contributed by atoms with Gasteiger partial charge in [0.25, 0.3) is 17.7 Å². The van der Waals surface area contributed by atoms with E-state index in [1.54, 1.807) is 97.3 Å². The highest BCUT2D eigenvalue weighted by Gasteiger charge is 2.25. The molecule has 504 valence electrons. The summed E-state index contributed by atoms with van der Waals surface area (Å²) in [6.07, 6.45) is 5.09. The second-order valence-corrected chi connectivity index (χ2v) is 24.0. The molecule has 0 saturated carbocycles. The maximum Gasteiger partial charge on any atom is 0.253 e. The fourth-order valence-corrected chi connectivity index (χ4v) is 11.3. The number of carbonyl (C=O) groups excluding carboxylic acids is 3. The van der Waals surface area contributed by atoms with Crippen LogP contribution in [0.3, 0.4) is 0 Å². The number of anilines is 6. The van der Waals surface area contributed by atoms with Crippen molar-refractivity contribution < 1.29 is 54.9 Å². The molecule has 3 unspecified atom stereocenters. The number of morpholine rings is 3. The van der Waals surface area contributed by atoms with Crippen LogP contribution in [-0.4, -0.2) is 184 Å². The predicted octanol–water partition coefficient (Wildman–Crippen LogP) is 10.9. The Morgan fingerprint density at radius 2 is 0.604 bits per heavy atom. The first kappa shape index (κ1) is 68.9. The summed E-state index contributed by atoms with van der Waals surface area (Å²) in [7, 11) is 10.1. The molecule has 0 bridgehead atoms. The van der Waals surface area contributed by atoms with Crippen molar-refractivity contribution in [1.82, 2.24) is 44.6 Å². The number of hydrogen-bond acceptors (Lipinski definition) is 18. The van der Waals surface area contributed by atoms with Gasteiger partial charge in [0.1, 0.15) is 52.4 Å². The fourth-order valence-electron chi connectivity index (χ4n) is 11.3. The lowest BCUT2D eigenvalue weighted by molar-refractivity contribution is 0.0820. The Bertz CT molecular complexity index is 3820. The minimum atomic E-state index is -0.671. The Balaban J connectivity index is 0.000000157. The number of aromatic nitrogens is 6. The van der Waals surface area contributed by atoms with Gasteiger partial charge in [0, 0.05) is 150 Å². The van der Waals surface area contributed by atoms with Gasteiger partial charge < -0.3 is 59.6 Å². The molecule has 3 amide bonds. The van der Waals surface area contributed by atoms with Crippen LogP contribution < -0.4 is 30.7 Å². The minimum Gasteiger partial charge on any atom is -0.378 e.